The molecule has 4 aliphatic rings. The molecule has 16 heteroatoms. The van der Waals surface area contributed by atoms with Gasteiger partial charge in [0.05, 0.1) is 54.3 Å². The Hall–Kier alpha value is -6.16. The Balaban J connectivity index is 0.970. The second-order valence-electron chi connectivity index (χ2n) is 18.6. The number of rotatable bonds is 9. The van der Waals surface area contributed by atoms with Crippen LogP contribution in [0.4, 0.5) is 9.59 Å². The summed E-state index contributed by atoms with van der Waals surface area (Å²) in [4.78, 5) is 73.0. The van der Waals surface area contributed by atoms with Crippen LogP contribution < -0.4 is 15.4 Å². The van der Waals surface area contributed by atoms with Crippen molar-refractivity contribution in [3.63, 3.8) is 0 Å². The van der Waals surface area contributed by atoms with E-state index in [2.05, 4.69) is 63.9 Å². The van der Waals surface area contributed by atoms with Crippen LogP contribution in [0.3, 0.4) is 0 Å². The molecule has 338 valence electrons. The standard InChI is InChI=1S/C48H58N8O8/c1-23(2)40(53-47(59)60)45(57)55-24(3)8-14-37(55)43-49-21-36(51-43)29-10-12-32-31(18-29)22-63-39-20-33-28(19-34(32)39)11-13-35-42(33)52-44(50-35)38-15-9-25(4)56(38)46(58)41(54-48(61)62-7)30-16-26(5)64-27(6)17-30/h10-13,18-21,23-27,30,37-38,40-41,53H,8-9,14-17,22H2,1-7H3,(H,49,51)(H,50,52)(H,54,61)(H,59,60)/t24-,25-,26-,27+,30?,37-,38-,40-,41-/m0/s1. The lowest BCUT2D eigenvalue weighted by Crippen LogP contribution is -2.55. The van der Waals surface area contributed by atoms with E-state index in [-0.39, 0.29) is 60.0 Å². The van der Waals surface area contributed by atoms with E-state index in [4.69, 9.17) is 24.2 Å². The van der Waals surface area contributed by atoms with Crippen molar-refractivity contribution >= 4 is 45.8 Å². The maximum absolute atomic E-state index is 14.6. The van der Waals surface area contributed by atoms with Crippen LogP contribution >= 0.6 is 0 Å². The first-order valence-electron chi connectivity index (χ1n) is 22.6. The molecule has 0 bridgehead atoms. The first-order chi connectivity index (χ1) is 30.7. The molecule has 1 unspecified atom stereocenters. The molecule has 0 saturated carbocycles. The maximum atomic E-state index is 14.6. The van der Waals surface area contributed by atoms with Crippen LogP contribution in [0.25, 0.3) is 44.2 Å². The Labute approximate surface area is 371 Å². The number of methoxy groups -OCH3 is 1. The number of hydrogen-bond donors (Lipinski definition) is 5. The van der Waals surface area contributed by atoms with Gasteiger partial charge in [-0.3, -0.25) is 9.59 Å². The predicted octanol–water partition coefficient (Wildman–Crippen LogP) is 7.99. The van der Waals surface area contributed by atoms with Gasteiger partial charge in [-0.2, -0.15) is 0 Å². The zero-order valence-electron chi connectivity index (χ0n) is 37.4. The van der Waals surface area contributed by atoms with Crippen molar-refractivity contribution in [2.45, 2.75) is 135 Å². The fraction of sp³-hybridized carbons (Fsp3) is 0.500. The van der Waals surface area contributed by atoms with Crippen molar-refractivity contribution in [2.24, 2.45) is 11.8 Å². The third-order valence-corrected chi connectivity index (χ3v) is 13.9. The van der Waals surface area contributed by atoms with Crippen LogP contribution in [0, 0.1) is 11.8 Å². The van der Waals surface area contributed by atoms with Crippen LogP contribution in [-0.4, -0.2) is 102 Å². The Bertz CT molecular complexity index is 2610. The SMILES string of the molecule is COC(=O)N[C@H](C(=O)N1[C@@H](C)CC[C@H]1c1nc2ccc3cc4c(cc3c2[nH]1)OCc1cc(-c2cnc([C@@H]3CC[C@H](C)N3C(=O)[C@@H](NC(=O)O)C(C)C)[nH]2)ccc1-4)C1C[C@@H](C)O[C@@H](C)C1. The highest BCUT2D eigenvalue weighted by molar-refractivity contribution is 6.07. The molecule has 0 radical (unpaired) electrons. The Morgan fingerprint density at radius 3 is 2.23 bits per heavy atom. The molecular weight excluding hydrogens is 817 g/mol. The number of hydrogen-bond acceptors (Lipinski definition) is 9. The van der Waals surface area contributed by atoms with Gasteiger partial charge >= 0.3 is 12.2 Å². The number of fused-ring (bicyclic) bond motifs is 6. The molecule has 5 aromatic rings. The normalized spacial score (nSPS) is 25.2. The first-order valence-corrected chi connectivity index (χ1v) is 22.6. The van der Waals surface area contributed by atoms with E-state index in [9.17, 15) is 24.3 Å². The van der Waals surface area contributed by atoms with Crippen LogP contribution in [0.1, 0.15) is 109 Å². The van der Waals surface area contributed by atoms with E-state index >= 15 is 0 Å². The van der Waals surface area contributed by atoms with E-state index in [0.29, 0.717) is 31.1 Å². The number of nitrogens with zero attached hydrogens (tertiary/aromatic N) is 4. The van der Waals surface area contributed by atoms with Crippen LogP contribution in [-0.2, 0) is 25.7 Å². The zero-order valence-corrected chi connectivity index (χ0v) is 37.4. The van der Waals surface area contributed by atoms with Crippen molar-refractivity contribution < 1.29 is 38.5 Å². The number of ether oxygens (including phenoxy) is 3. The van der Waals surface area contributed by atoms with E-state index in [1.54, 1.807) is 11.1 Å². The van der Waals surface area contributed by atoms with Crippen molar-refractivity contribution in [3.8, 4) is 28.1 Å². The number of alkyl carbamates (subject to hydrolysis) is 1. The molecule has 0 aliphatic carbocycles. The summed E-state index contributed by atoms with van der Waals surface area (Å²) in [6.07, 6.45) is 4.21. The molecule has 3 saturated heterocycles. The van der Waals surface area contributed by atoms with Gasteiger partial charge in [0, 0.05) is 23.0 Å². The Morgan fingerprint density at radius 1 is 0.844 bits per heavy atom. The monoisotopic (exact) mass is 874 g/mol. The Morgan fingerprint density at radius 2 is 1.55 bits per heavy atom. The summed E-state index contributed by atoms with van der Waals surface area (Å²) in [6, 6.07) is 12.3. The van der Waals surface area contributed by atoms with Gasteiger partial charge in [0.2, 0.25) is 11.8 Å². The molecule has 5 N–H and O–H groups in total. The second-order valence-corrected chi connectivity index (χ2v) is 18.6. The van der Waals surface area contributed by atoms with Crippen LogP contribution in [0.2, 0.25) is 0 Å². The van der Waals surface area contributed by atoms with E-state index in [1.165, 1.54) is 7.11 Å². The van der Waals surface area contributed by atoms with Crippen molar-refractivity contribution in [1.29, 1.82) is 0 Å². The number of carbonyl (C=O) groups excluding carboxylic acids is 3. The smallest absolute Gasteiger partial charge is 0.407 e. The van der Waals surface area contributed by atoms with E-state index < -0.39 is 24.3 Å². The van der Waals surface area contributed by atoms with Crippen LogP contribution in [0.5, 0.6) is 5.75 Å². The van der Waals surface area contributed by atoms with E-state index in [0.717, 1.165) is 81.2 Å². The lowest BCUT2D eigenvalue weighted by molar-refractivity contribution is -0.140. The molecule has 4 aliphatic heterocycles. The molecule has 0 spiro atoms. The summed E-state index contributed by atoms with van der Waals surface area (Å²) < 4.78 is 17.4. The third kappa shape index (κ3) is 7.90. The molecule has 64 heavy (non-hydrogen) atoms. The van der Waals surface area contributed by atoms with Gasteiger partial charge in [-0.25, -0.2) is 19.6 Å². The molecule has 3 aromatic carbocycles. The summed E-state index contributed by atoms with van der Waals surface area (Å²) in [5.74, 6) is 1.45. The summed E-state index contributed by atoms with van der Waals surface area (Å²) in [7, 11) is 1.31. The average Bonchev–Trinajstić information content (AvgIpc) is 4.08. The number of benzene rings is 3. The van der Waals surface area contributed by atoms with Gasteiger partial charge in [-0.05, 0) is 124 Å². The molecule has 3 fully saturated rings. The number of aromatic nitrogens is 4. The third-order valence-electron chi connectivity index (χ3n) is 13.9. The second kappa shape index (κ2) is 17.1. The summed E-state index contributed by atoms with van der Waals surface area (Å²) in [6.45, 7) is 12.1. The van der Waals surface area contributed by atoms with Crippen LogP contribution in [0.15, 0.2) is 48.7 Å². The molecule has 9 atom stereocenters. The number of likely N-dealkylation sites (tertiary alicyclic amines) is 2. The first kappa shape index (κ1) is 43.1. The minimum absolute atomic E-state index is 0.0368. The number of amides is 4. The molecular formula is C48H58N8O8. The molecule has 16 nitrogen and oxygen atoms in total. The predicted molar refractivity (Wildman–Crippen MR) is 239 cm³/mol. The average molecular weight is 875 g/mol. The highest BCUT2D eigenvalue weighted by Gasteiger charge is 2.45. The van der Waals surface area contributed by atoms with Gasteiger partial charge in [0.1, 0.15) is 36.1 Å². The molecule has 2 aromatic heterocycles. The lowest BCUT2D eigenvalue weighted by Gasteiger charge is -2.39. The van der Waals surface area contributed by atoms with Gasteiger partial charge < -0.3 is 49.7 Å². The number of carbonyl (C=O) groups is 4. The summed E-state index contributed by atoms with van der Waals surface area (Å²) in [5.41, 5.74) is 6.50. The fourth-order valence-electron chi connectivity index (χ4n) is 10.8. The quantitative estimate of drug-likeness (QED) is 0.0966. The number of H-pyrrole nitrogens is 2. The van der Waals surface area contributed by atoms with Crippen molar-refractivity contribution in [3.05, 3.63) is 65.9 Å². The number of imidazole rings is 2. The number of aromatic amines is 2. The largest absolute Gasteiger partial charge is 0.488 e. The summed E-state index contributed by atoms with van der Waals surface area (Å²) >= 11 is 0. The van der Waals surface area contributed by atoms with Crippen molar-refractivity contribution in [2.75, 3.05) is 7.11 Å². The number of carboxylic acid groups (broad SMARTS) is 1. The van der Waals surface area contributed by atoms with Crippen molar-refractivity contribution in [1.82, 2.24) is 40.4 Å². The summed E-state index contributed by atoms with van der Waals surface area (Å²) in [5, 5.41) is 16.7. The maximum Gasteiger partial charge on any atom is 0.407 e. The minimum atomic E-state index is -1.22. The molecule has 4 amide bonds. The number of nitrogens with one attached hydrogen (secondary N) is 4. The highest BCUT2D eigenvalue weighted by Crippen LogP contribution is 2.44. The van der Waals surface area contributed by atoms with Gasteiger partial charge in [-0.1, -0.05) is 32.0 Å². The highest BCUT2D eigenvalue weighted by atomic mass is 16.5. The topological polar surface area (TPSA) is 204 Å². The van der Waals surface area contributed by atoms with E-state index in [1.807, 2.05) is 45.6 Å². The molecule has 9 rings (SSSR count). The van der Waals surface area contributed by atoms with Gasteiger partial charge in [0.15, 0.2) is 0 Å². The van der Waals surface area contributed by atoms with Gasteiger partial charge in [-0.15, -0.1) is 0 Å². The minimum Gasteiger partial charge on any atom is -0.488 e. The lowest BCUT2D eigenvalue weighted by atomic mass is 9.85. The Kier molecular flexibility index (Phi) is 11.5. The molecule has 6 heterocycles. The fourth-order valence-corrected chi connectivity index (χ4v) is 10.8. The zero-order chi connectivity index (χ0) is 45.1. The van der Waals surface area contributed by atoms with Gasteiger partial charge in [0.25, 0.3) is 0 Å².